The van der Waals surface area contributed by atoms with E-state index in [2.05, 4.69) is 10.1 Å². The maximum Gasteiger partial charge on any atom is 0.330 e. The van der Waals surface area contributed by atoms with Gasteiger partial charge in [0, 0.05) is 6.54 Å². The zero-order valence-electron chi connectivity index (χ0n) is 11.9. The van der Waals surface area contributed by atoms with Crippen LogP contribution in [0.3, 0.4) is 0 Å². The Bertz CT molecular complexity index is 335. The monoisotopic (exact) mass is 291 g/mol. The van der Waals surface area contributed by atoms with Crippen LogP contribution in [0.2, 0.25) is 0 Å². The Labute approximate surface area is 118 Å². The molecule has 0 heterocycles. The average Bonchev–Trinajstić information content (AvgIpc) is 2.32. The van der Waals surface area contributed by atoms with E-state index in [9.17, 15) is 14.4 Å². The lowest BCUT2D eigenvalue weighted by molar-refractivity contribution is -0.162. The lowest BCUT2D eigenvalue weighted by Crippen LogP contribution is -2.42. The minimum atomic E-state index is -0.932. The Morgan fingerprint density at radius 2 is 1.70 bits per heavy atom. The van der Waals surface area contributed by atoms with Crippen LogP contribution in [0.1, 0.15) is 26.7 Å². The highest BCUT2D eigenvalue weighted by molar-refractivity contribution is 5.90. The number of urea groups is 1. The van der Waals surface area contributed by atoms with Crippen molar-refractivity contribution >= 4 is 18.0 Å². The third kappa shape index (κ3) is 8.40. The van der Waals surface area contributed by atoms with Gasteiger partial charge in [0.05, 0.1) is 0 Å². The average molecular weight is 291 g/mol. The molecule has 0 aromatic rings. The number of esters is 2. The van der Waals surface area contributed by atoms with Gasteiger partial charge in [-0.25, -0.2) is 14.4 Å². The molecule has 0 bridgehead atoms. The molecule has 10 N–H and O–H groups in total. The predicted molar refractivity (Wildman–Crippen MR) is 73.7 cm³/mol. The molecule has 0 spiro atoms. The van der Waals surface area contributed by atoms with E-state index in [0.29, 0.717) is 13.0 Å². The lowest BCUT2D eigenvalue weighted by Gasteiger charge is -2.15. The first-order valence-electron chi connectivity index (χ1n) is 6.05. The molecule has 0 saturated carbocycles. The molecule has 20 heavy (non-hydrogen) atoms. The Morgan fingerprint density at radius 1 is 1.15 bits per heavy atom. The zero-order valence-corrected chi connectivity index (χ0v) is 11.9. The van der Waals surface area contributed by atoms with Gasteiger partial charge in [-0.3, -0.25) is 0 Å². The Hall–Kier alpha value is -1.71. The van der Waals surface area contributed by atoms with Gasteiger partial charge in [0.1, 0.15) is 12.1 Å². The fourth-order valence-corrected chi connectivity index (χ4v) is 1.17. The molecule has 0 aromatic carbocycles. The SMILES string of the molecule is CC(C)[C@H](N)C(=O)OC(=O)[C@@H](N)CCCNC(N)=O.N. The largest absolute Gasteiger partial charge is 0.391 e. The summed E-state index contributed by atoms with van der Waals surface area (Å²) in [6.07, 6.45) is 0.715. The molecular formula is C11H25N5O4. The number of nitrogens with one attached hydrogen (secondary N) is 1. The smallest absolute Gasteiger partial charge is 0.330 e. The number of hydrogen-bond acceptors (Lipinski definition) is 7. The molecule has 0 aliphatic carbocycles. The lowest BCUT2D eigenvalue weighted by atomic mass is 10.1. The van der Waals surface area contributed by atoms with Gasteiger partial charge in [0.2, 0.25) is 0 Å². The van der Waals surface area contributed by atoms with Gasteiger partial charge >= 0.3 is 18.0 Å². The number of hydrogen-bond donors (Lipinski definition) is 5. The second-order valence-electron chi connectivity index (χ2n) is 4.55. The number of amides is 2. The standard InChI is InChI=1S/C11H22N4O4.H3N/c1-6(2)8(13)10(17)19-9(16)7(12)4-3-5-15-11(14)18;/h6-8H,3-5,12-13H2,1-2H3,(H3,14,15,18);1H3/t7-,8-;/m0./s1. The number of primary amides is 1. The summed E-state index contributed by atoms with van der Waals surface area (Å²) in [7, 11) is 0. The molecule has 0 fully saturated rings. The van der Waals surface area contributed by atoms with Crippen LogP contribution in [0.5, 0.6) is 0 Å². The van der Waals surface area contributed by atoms with Crippen molar-refractivity contribution in [1.29, 1.82) is 0 Å². The van der Waals surface area contributed by atoms with Gasteiger partial charge in [-0.2, -0.15) is 0 Å². The molecular weight excluding hydrogens is 266 g/mol. The van der Waals surface area contributed by atoms with E-state index in [-0.39, 0.29) is 18.5 Å². The van der Waals surface area contributed by atoms with Crippen molar-refractivity contribution in [2.75, 3.05) is 6.54 Å². The van der Waals surface area contributed by atoms with Crippen LogP contribution in [-0.4, -0.2) is 36.6 Å². The van der Waals surface area contributed by atoms with Crippen LogP contribution in [-0.2, 0) is 14.3 Å². The van der Waals surface area contributed by atoms with E-state index < -0.39 is 30.1 Å². The fourth-order valence-electron chi connectivity index (χ4n) is 1.17. The van der Waals surface area contributed by atoms with Crippen molar-refractivity contribution in [2.45, 2.75) is 38.8 Å². The molecule has 118 valence electrons. The number of rotatable bonds is 7. The van der Waals surface area contributed by atoms with Crippen molar-refractivity contribution in [1.82, 2.24) is 11.5 Å². The molecule has 0 rings (SSSR count). The Balaban J connectivity index is 0. The highest BCUT2D eigenvalue weighted by Gasteiger charge is 2.24. The van der Waals surface area contributed by atoms with Gasteiger partial charge in [0.25, 0.3) is 0 Å². The minimum Gasteiger partial charge on any atom is -0.391 e. The van der Waals surface area contributed by atoms with Gasteiger partial charge in [-0.05, 0) is 18.8 Å². The Morgan fingerprint density at radius 3 is 2.15 bits per heavy atom. The second kappa shape index (κ2) is 10.1. The molecule has 0 aliphatic heterocycles. The zero-order chi connectivity index (χ0) is 15.0. The number of carbonyl (C=O) groups is 3. The van der Waals surface area contributed by atoms with Gasteiger partial charge in [-0.15, -0.1) is 0 Å². The summed E-state index contributed by atoms with van der Waals surface area (Å²) in [5.74, 6) is -1.73. The van der Waals surface area contributed by atoms with E-state index in [0.717, 1.165) is 0 Å². The predicted octanol–water partition coefficient (Wildman–Crippen LogP) is -1.02. The topological polar surface area (TPSA) is 186 Å². The molecule has 0 radical (unpaired) electrons. The normalized spacial score (nSPS) is 13.1. The summed E-state index contributed by atoms with van der Waals surface area (Å²) in [5.41, 5.74) is 15.9. The van der Waals surface area contributed by atoms with Crippen LogP contribution in [0.4, 0.5) is 4.79 Å². The Kier molecular flexibility index (Phi) is 10.4. The van der Waals surface area contributed by atoms with Gasteiger partial charge in [0.15, 0.2) is 0 Å². The molecule has 9 heteroatoms. The van der Waals surface area contributed by atoms with E-state index >= 15 is 0 Å². The first-order valence-corrected chi connectivity index (χ1v) is 6.05. The van der Waals surface area contributed by atoms with Gasteiger partial charge < -0.3 is 33.4 Å². The van der Waals surface area contributed by atoms with E-state index in [1.54, 1.807) is 13.8 Å². The molecule has 2 amide bonds. The summed E-state index contributed by atoms with van der Waals surface area (Å²) in [6.45, 7) is 3.79. The highest BCUT2D eigenvalue weighted by atomic mass is 16.6. The molecule has 0 saturated heterocycles. The number of carbonyl (C=O) groups excluding carboxylic acids is 3. The number of ether oxygens (including phenoxy) is 1. The third-order valence-electron chi connectivity index (χ3n) is 2.49. The molecule has 0 aliphatic rings. The fraction of sp³-hybridized carbons (Fsp3) is 0.727. The van der Waals surface area contributed by atoms with E-state index in [1.807, 2.05) is 0 Å². The van der Waals surface area contributed by atoms with Crippen molar-refractivity contribution < 1.29 is 19.1 Å². The van der Waals surface area contributed by atoms with Crippen molar-refractivity contribution in [2.24, 2.45) is 23.1 Å². The molecule has 2 atom stereocenters. The number of nitrogens with two attached hydrogens (primary N) is 3. The maximum absolute atomic E-state index is 11.5. The van der Waals surface area contributed by atoms with Crippen LogP contribution < -0.4 is 28.7 Å². The van der Waals surface area contributed by atoms with Crippen molar-refractivity contribution in [3.8, 4) is 0 Å². The van der Waals surface area contributed by atoms with Crippen molar-refractivity contribution in [3.05, 3.63) is 0 Å². The van der Waals surface area contributed by atoms with Crippen LogP contribution >= 0.6 is 0 Å². The summed E-state index contributed by atoms with van der Waals surface area (Å²) in [6, 6.07) is -2.43. The maximum atomic E-state index is 11.5. The van der Waals surface area contributed by atoms with Gasteiger partial charge in [-0.1, -0.05) is 13.8 Å². The third-order valence-corrected chi connectivity index (χ3v) is 2.49. The first-order chi connectivity index (χ1) is 8.75. The van der Waals surface area contributed by atoms with Crippen molar-refractivity contribution in [3.63, 3.8) is 0 Å². The van der Waals surface area contributed by atoms with Crippen LogP contribution in [0.25, 0.3) is 0 Å². The molecule has 0 aromatic heterocycles. The molecule has 0 unspecified atom stereocenters. The summed E-state index contributed by atoms with van der Waals surface area (Å²) in [5, 5.41) is 2.36. The highest BCUT2D eigenvalue weighted by Crippen LogP contribution is 2.03. The molecule has 9 nitrogen and oxygen atoms in total. The van der Waals surface area contributed by atoms with E-state index in [4.69, 9.17) is 17.2 Å². The quantitative estimate of drug-likeness (QED) is 0.225. The first kappa shape index (κ1) is 20.6. The summed E-state index contributed by atoms with van der Waals surface area (Å²) >= 11 is 0. The minimum absolute atomic E-state index is 0. The second-order valence-corrected chi connectivity index (χ2v) is 4.55. The van der Waals surface area contributed by atoms with E-state index in [1.165, 1.54) is 0 Å². The summed E-state index contributed by atoms with van der Waals surface area (Å²) in [4.78, 5) is 33.3. The summed E-state index contributed by atoms with van der Waals surface area (Å²) < 4.78 is 4.57. The van der Waals surface area contributed by atoms with Crippen LogP contribution in [0, 0.1) is 5.92 Å². The van der Waals surface area contributed by atoms with Crippen LogP contribution in [0.15, 0.2) is 0 Å².